The van der Waals surface area contributed by atoms with E-state index in [0.29, 0.717) is 13.2 Å². The molecule has 4 heteroatoms. The number of rotatable bonds is 6. The van der Waals surface area contributed by atoms with E-state index in [9.17, 15) is 4.79 Å². The summed E-state index contributed by atoms with van der Waals surface area (Å²) in [6.45, 7) is 5.37. The smallest absolute Gasteiger partial charge is 0.320 e. The molecule has 0 saturated carbocycles. The van der Waals surface area contributed by atoms with Crippen LogP contribution in [0.25, 0.3) is 0 Å². The highest BCUT2D eigenvalue weighted by Crippen LogP contribution is 1.91. The van der Waals surface area contributed by atoms with Gasteiger partial charge in [-0.3, -0.25) is 9.69 Å². The zero-order chi connectivity index (χ0) is 10.3. The van der Waals surface area contributed by atoms with Crippen LogP contribution in [-0.2, 0) is 14.3 Å². The van der Waals surface area contributed by atoms with E-state index in [2.05, 4.69) is 0 Å². The summed E-state index contributed by atoms with van der Waals surface area (Å²) in [4.78, 5) is 13.0. The van der Waals surface area contributed by atoms with Crippen molar-refractivity contribution in [3.8, 4) is 0 Å². The summed E-state index contributed by atoms with van der Waals surface area (Å²) in [5, 5.41) is 0. The minimum atomic E-state index is -0.186. The molecule has 0 saturated heterocycles. The molecule has 0 bridgehead atoms. The number of nitrogens with zero attached hydrogens (tertiary/aromatic N) is 1. The third kappa shape index (κ3) is 7.74. The molecular weight excluding hydrogens is 170 g/mol. The Morgan fingerprint density at radius 2 is 2.08 bits per heavy atom. The summed E-state index contributed by atoms with van der Waals surface area (Å²) in [6, 6.07) is 0. The molecule has 0 aliphatic carbocycles. The molecule has 4 nitrogen and oxygen atoms in total. The molecule has 0 fully saturated rings. The van der Waals surface area contributed by atoms with Gasteiger partial charge in [-0.15, -0.1) is 0 Å². The molecule has 0 aliphatic rings. The molecule has 0 aromatic heterocycles. The minimum Gasteiger partial charge on any atom is -0.462 e. The van der Waals surface area contributed by atoms with Crippen LogP contribution in [0, 0.1) is 0 Å². The van der Waals surface area contributed by atoms with Crippen molar-refractivity contribution in [2.75, 3.05) is 33.9 Å². The van der Waals surface area contributed by atoms with E-state index in [-0.39, 0.29) is 12.1 Å². The van der Waals surface area contributed by atoms with E-state index in [1.165, 1.54) is 0 Å². The molecule has 0 aliphatic heterocycles. The highest BCUT2D eigenvalue weighted by molar-refractivity contribution is 5.71. The molecule has 0 aromatic carbocycles. The van der Waals surface area contributed by atoms with Crippen molar-refractivity contribution in [1.29, 1.82) is 0 Å². The van der Waals surface area contributed by atoms with Crippen molar-refractivity contribution < 1.29 is 14.3 Å². The van der Waals surface area contributed by atoms with Crippen LogP contribution in [-0.4, -0.2) is 50.8 Å². The van der Waals surface area contributed by atoms with Crippen molar-refractivity contribution in [3.63, 3.8) is 0 Å². The van der Waals surface area contributed by atoms with Gasteiger partial charge >= 0.3 is 5.97 Å². The van der Waals surface area contributed by atoms with Crippen LogP contribution < -0.4 is 0 Å². The van der Waals surface area contributed by atoms with Crippen LogP contribution in [0.4, 0.5) is 0 Å². The van der Waals surface area contributed by atoms with Crippen molar-refractivity contribution in [2.45, 2.75) is 20.0 Å². The summed E-state index contributed by atoms with van der Waals surface area (Å²) in [6.07, 6.45) is -0.0386. The molecule has 0 atom stereocenters. The van der Waals surface area contributed by atoms with E-state index < -0.39 is 0 Å². The molecule has 78 valence electrons. The van der Waals surface area contributed by atoms with E-state index in [4.69, 9.17) is 9.47 Å². The van der Waals surface area contributed by atoms with Crippen LogP contribution in [0.2, 0.25) is 0 Å². The van der Waals surface area contributed by atoms with Gasteiger partial charge in [0.1, 0.15) is 0 Å². The number of ether oxygens (including phenoxy) is 2. The number of esters is 1. The van der Waals surface area contributed by atoms with Gasteiger partial charge in [0.15, 0.2) is 0 Å². The van der Waals surface area contributed by atoms with Crippen molar-refractivity contribution in [1.82, 2.24) is 4.90 Å². The summed E-state index contributed by atoms with van der Waals surface area (Å²) in [7, 11) is 3.50. The van der Waals surface area contributed by atoms with Crippen molar-refractivity contribution in [3.05, 3.63) is 0 Å². The summed E-state index contributed by atoms with van der Waals surface area (Å²) >= 11 is 0. The first-order valence-electron chi connectivity index (χ1n) is 4.43. The van der Waals surface area contributed by atoms with E-state index in [1.54, 1.807) is 7.11 Å². The normalized spacial score (nSPS) is 10.9. The lowest BCUT2D eigenvalue weighted by molar-refractivity contribution is -0.148. The molecular formula is C9H19NO3. The topological polar surface area (TPSA) is 38.8 Å². The monoisotopic (exact) mass is 189 g/mol. The quantitative estimate of drug-likeness (QED) is 0.571. The number of carbonyl (C=O) groups excluding carboxylic acids is 1. The molecule has 0 spiro atoms. The average molecular weight is 189 g/mol. The predicted molar refractivity (Wildman–Crippen MR) is 50.6 cm³/mol. The lowest BCUT2D eigenvalue weighted by atomic mass is 10.4. The van der Waals surface area contributed by atoms with Gasteiger partial charge < -0.3 is 9.47 Å². The van der Waals surface area contributed by atoms with Gasteiger partial charge in [0.25, 0.3) is 0 Å². The molecule has 0 heterocycles. The minimum absolute atomic E-state index is 0.0386. The van der Waals surface area contributed by atoms with Crippen LogP contribution in [0.3, 0.4) is 0 Å². The maximum absolute atomic E-state index is 11.1. The standard InChI is InChI=1S/C9H19NO3/c1-8(2)13-9(11)7-10(3)5-6-12-4/h8H,5-7H2,1-4H3. The highest BCUT2D eigenvalue weighted by atomic mass is 16.5. The Kier molecular flexibility index (Phi) is 6.54. The third-order valence-electron chi connectivity index (χ3n) is 1.44. The van der Waals surface area contributed by atoms with Gasteiger partial charge in [0.2, 0.25) is 0 Å². The van der Waals surface area contributed by atoms with E-state index in [1.807, 2.05) is 25.8 Å². The molecule has 0 aromatic rings. The van der Waals surface area contributed by atoms with Crippen molar-refractivity contribution in [2.24, 2.45) is 0 Å². The Hall–Kier alpha value is -0.610. The molecule has 0 unspecified atom stereocenters. The largest absolute Gasteiger partial charge is 0.462 e. The van der Waals surface area contributed by atoms with Gasteiger partial charge in [0.05, 0.1) is 19.3 Å². The number of hydrogen-bond donors (Lipinski definition) is 0. The fraction of sp³-hybridized carbons (Fsp3) is 0.889. The first kappa shape index (κ1) is 12.4. The Labute approximate surface area is 79.8 Å². The second-order valence-electron chi connectivity index (χ2n) is 3.27. The second kappa shape index (κ2) is 6.86. The van der Waals surface area contributed by atoms with Crippen molar-refractivity contribution >= 4 is 5.97 Å². The maximum Gasteiger partial charge on any atom is 0.320 e. The summed E-state index contributed by atoms with van der Waals surface area (Å²) in [5.74, 6) is -0.186. The van der Waals surface area contributed by atoms with Gasteiger partial charge in [-0.2, -0.15) is 0 Å². The van der Waals surface area contributed by atoms with Gasteiger partial charge in [-0.25, -0.2) is 0 Å². The Morgan fingerprint density at radius 3 is 2.54 bits per heavy atom. The lowest BCUT2D eigenvalue weighted by Gasteiger charge is -2.16. The average Bonchev–Trinajstić information content (AvgIpc) is 1.98. The number of likely N-dealkylation sites (N-methyl/N-ethyl adjacent to an activating group) is 1. The molecule has 0 rings (SSSR count). The fourth-order valence-electron chi connectivity index (χ4n) is 0.847. The van der Waals surface area contributed by atoms with Crippen LogP contribution >= 0.6 is 0 Å². The Balaban J connectivity index is 3.53. The molecule has 0 N–H and O–H groups in total. The van der Waals surface area contributed by atoms with Gasteiger partial charge in [-0.05, 0) is 20.9 Å². The molecule has 13 heavy (non-hydrogen) atoms. The van der Waals surface area contributed by atoms with Crippen LogP contribution in [0.5, 0.6) is 0 Å². The summed E-state index contributed by atoms with van der Waals surface area (Å²) < 4.78 is 9.86. The Bertz CT molecular complexity index is 148. The fourth-order valence-corrected chi connectivity index (χ4v) is 0.847. The SMILES string of the molecule is COCCN(C)CC(=O)OC(C)C. The maximum atomic E-state index is 11.1. The zero-order valence-corrected chi connectivity index (χ0v) is 8.87. The predicted octanol–water partition coefficient (Wildman–Crippen LogP) is 0.516. The molecule has 0 radical (unpaired) electrons. The lowest BCUT2D eigenvalue weighted by Crippen LogP contribution is -2.31. The van der Waals surface area contributed by atoms with Gasteiger partial charge in [-0.1, -0.05) is 0 Å². The Morgan fingerprint density at radius 1 is 1.46 bits per heavy atom. The van der Waals surface area contributed by atoms with Gasteiger partial charge in [0, 0.05) is 13.7 Å². The number of hydrogen-bond acceptors (Lipinski definition) is 4. The number of methoxy groups -OCH3 is 1. The number of carbonyl (C=O) groups is 1. The summed E-state index contributed by atoms with van der Waals surface area (Å²) in [5.41, 5.74) is 0. The molecule has 0 amide bonds. The zero-order valence-electron chi connectivity index (χ0n) is 8.87. The first-order chi connectivity index (χ1) is 6.06. The van der Waals surface area contributed by atoms with Crippen LogP contribution in [0.15, 0.2) is 0 Å². The second-order valence-corrected chi connectivity index (χ2v) is 3.27. The third-order valence-corrected chi connectivity index (χ3v) is 1.44. The van der Waals surface area contributed by atoms with E-state index in [0.717, 1.165) is 6.54 Å². The first-order valence-corrected chi connectivity index (χ1v) is 4.43. The van der Waals surface area contributed by atoms with Crippen LogP contribution in [0.1, 0.15) is 13.8 Å². The van der Waals surface area contributed by atoms with E-state index >= 15 is 0 Å². The highest BCUT2D eigenvalue weighted by Gasteiger charge is 2.08.